The molecule has 98 valence electrons. The summed E-state index contributed by atoms with van der Waals surface area (Å²) in [5.41, 5.74) is 5.39. The van der Waals surface area contributed by atoms with Crippen LogP contribution in [0.5, 0.6) is 0 Å². The smallest absolute Gasteiger partial charge is 0.221 e. The Hall–Kier alpha value is -1.61. The van der Waals surface area contributed by atoms with Crippen LogP contribution in [-0.2, 0) is 11.2 Å². The number of thiophene rings is 1. The first-order valence-electron chi connectivity index (χ1n) is 6.57. The highest BCUT2D eigenvalue weighted by molar-refractivity contribution is 7.20. The van der Waals surface area contributed by atoms with Crippen molar-refractivity contribution in [2.45, 2.75) is 33.1 Å². The van der Waals surface area contributed by atoms with E-state index in [0.29, 0.717) is 5.92 Å². The second-order valence-electron chi connectivity index (χ2n) is 5.24. The molecule has 2 nitrogen and oxygen atoms in total. The number of hydrogen-bond donors (Lipinski definition) is 1. The molecule has 0 bridgehead atoms. The summed E-state index contributed by atoms with van der Waals surface area (Å²) in [5, 5.41) is 3.96. The molecule has 0 spiro atoms. The molecule has 0 radical (unpaired) electrons. The Bertz CT molecular complexity index is 657. The molecular weight excluding hydrogens is 254 g/mol. The molecule has 0 saturated carbocycles. The van der Waals surface area contributed by atoms with Crippen LogP contribution in [0, 0.1) is 6.92 Å². The Morgan fingerprint density at radius 3 is 2.84 bits per heavy atom. The van der Waals surface area contributed by atoms with E-state index in [2.05, 4.69) is 43.4 Å². The molecule has 3 rings (SSSR count). The van der Waals surface area contributed by atoms with Gasteiger partial charge in [-0.2, -0.15) is 0 Å². The number of carbonyl (C=O) groups is 1. The van der Waals surface area contributed by atoms with E-state index < -0.39 is 0 Å². The highest BCUT2D eigenvalue weighted by Crippen LogP contribution is 2.47. The lowest BCUT2D eigenvalue weighted by molar-refractivity contribution is -0.114. The molecule has 1 amide bonds. The zero-order valence-electron chi connectivity index (χ0n) is 11.4. The molecule has 1 aromatic carbocycles. The molecule has 1 aliphatic rings. The van der Waals surface area contributed by atoms with Crippen LogP contribution in [0.3, 0.4) is 0 Å². The number of fused-ring (bicyclic) bond motifs is 3. The Morgan fingerprint density at radius 2 is 2.11 bits per heavy atom. The quantitative estimate of drug-likeness (QED) is 0.821. The predicted octanol–water partition coefficient (Wildman–Crippen LogP) is 4.34. The van der Waals surface area contributed by atoms with Gasteiger partial charge in [-0.05, 0) is 41.5 Å². The van der Waals surface area contributed by atoms with Crippen molar-refractivity contribution < 1.29 is 4.79 Å². The van der Waals surface area contributed by atoms with E-state index in [4.69, 9.17) is 0 Å². The summed E-state index contributed by atoms with van der Waals surface area (Å²) in [4.78, 5) is 12.6. The van der Waals surface area contributed by atoms with Gasteiger partial charge in [-0.1, -0.05) is 31.2 Å². The van der Waals surface area contributed by atoms with E-state index in [1.165, 1.54) is 27.1 Å². The topological polar surface area (TPSA) is 29.1 Å². The molecule has 1 aliphatic carbocycles. The lowest BCUT2D eigenvalue weighted by Crippen LogP contribution is -2.08. The molecule has 0 aliphatic heterocycles. The fourth-order valence-electron chi connectivity index (χ4n) is 2.84. The SMILES string of the molecule is CC(=O)Nc1sc2c(c1C)CC(C)c1ccccc1-2. The molecule has 0 saturated heterocycles. The van der Waals surface area contributed by atoms with Crippen LogP contribution in [-0.4, -0.2) is 5.91 Å². The van der Waals surface area contributed by atoms with E-state index in [1.54, 1.807) is 18.3 Å². The minimum absolute atomic E-state index is 0.00281. The highest BCUT2D eigenvalue weighted by Gasteiger charge is 2.26. The molecule has 1 unspecified atom stereocenters. The van der Waals surface area contributed by atoms with Gasteiger partial charge in [-0.3, -0.25) is 4.79 Å². The molecular formula is C16H17NOS. The van der Waals surface area contributed by atoms with E-state index in [0.717, 1.165) is 11.4 Å². The summed E-state index contributed by atoms with van der Waals surface area (Å²) in [6, 6.07) is 8.61. The van der Waals surface area contributed by atoms with Crippen LogP contribution in [0.2, 0.25) is 0 Å². The zero-order valence-corrected chi connectivity index (χ0v) is 12.2. The third-order valence-electron chi connectivity index (χ3n) is 3.81. The first kappa shape index (κ1) is 12.4. The van der Waals surface area contributed by atoms with Crippen molar-refractivity contribution in [3.8, 4) is 10.4 Å². The number of amides is 1. The summed E-state index contributed by atoms with van der Waals surface area (Å²) in [6.07, 6.45) is 1.06. The molecule has 1 N–H and O–H groups in total. The average molecular weight is 271 g/mol. The Labute approximate surface area is 117 Å². The van der Waals surface area contributed by atoms with Gasteiger partial charge in [-0.15, -0.1) is 11.3 Å². The first-order chi connectivity index (χ1) is 9.08. The number of nitrogens with one attached hydrogen (secondary N) is 1. The first-order valence-corrected chi connectivity index (χ1v) is 7.38. The highest BCUT2D eigenvalue weighted by atomic mass is 32.1. The van der Waals surface area contributed by atoms with Crippen LogP contribution in [0.25, 0.3) is 10.4 Å². The minimum Gasteiger partial charge on any atom is -0.318 e. The lowest BCUT2D eigenvalue weighted by atomic mass is 9.82. The molecule has 2 aromatic rings. The van der Waals surface area contributed by atoms with Crippen molar-refractivity contribution in [1.82, 2.24) is 0 Å². The average Bonchev–Trinajstić information content (AvgIpc) is 2.67. The fraction of sp³-hybridized carbons (Fsp3) is 0.312. The van der Waals surface area contributed by atoms with Crippen molar-refractivity contribution in [1.29, 1.82) is 0 Å². The predicted molar refractivity (Wildman–Crippen MR) is 80.9 cm³/mol. The van der Waals surface area contributed by atoms with Crippen LogP contribution in [0.15, 0.2) is 24.3 Å². The minimum atomic E-state index is 0.00281. The second-order valence-corrected chi connectivity index (χ2v) is 6.26. The third kappa shape index (κ3) is 1.98. The van der Waals surface area contributed by atoms with Gasteiger partial charge >= 0.3 is 0 Å². The summed E-state index contributed by atoms with van der Waals surface area (Å²) < 4.78 is 0. The summed E-state index contributed by atoms with van der Waals surface area (Å²) in [7, 11) is 0. The van der Waals surface area contributed by atoms with E-state index in [9.17, 15) is 4.79 Å². The zero-order chi connectivity index (χ0) is 13.6. The maximum absolute atomic E-state index is 11.3. The number of hydrogen-bond acceptors (Lipinski definition) is 2. The fourth-order valence-corrected chi connectivity index (χ4v) is 4.17. The monoisotopic (exact) mass is 271 g/mol. The summed E-state index contributed by atoms with van der Waals surface area (Å²) in [6.45, 7) is 5.95. The standard InChI is InChI=1S/C16H17NOS/c1-9-8-14-10(2)16(17-11(3)18)19-15(14)13-7-5-4-6-12(9)13/h4-7,9H,8H2,1-3H3,(H,17,18). The maximum atomic E-state index is 11.3. The third-order valence-corrected chi connectivity index (χ3v) is 5.09. The Morgan fingerprint density at radius 1 is 1.37 bits per heavy atom. The van der Waals surface area contributed by atoms with Gasteiger partial charge < -0.3 is 5.32 Å². The van der Waals surface area contributed by atoms with E-state index in [-0.39, 0.29) is 5.91 Å². The van der Waals surface area contributed by atoms with Gasteiger partial charge in [0, 0.05) is 11.8 Å². The summed E-state index contributed by atoms with van der Waals surface area (Å²) >= 11 is 1.70. The molecule has 19 heavy (non-hydrogen) atoms. The molecule has 3 heteroatoms. The van der Waals surface area contributed by atoms with Gasteiger partial charge in [0.15, 0.2) is 0 Å². The number of rotatable bonds is 1. The van der Waals surface area contributed by atoms with Crippen molar-refractivity contribution >= 4 is 22.2 Å². The Balaban J connectivity index is 2.17. The van der Waals surface area contributed by atoms with E-state index in [1.807, 2.05) is 0 Å². The molecule has 1 heterocycles. The van der Waals surface area contributed by atoms with Crippen molar-refractivity contribution in [2.24, 2.45) is 0 Å². The normalized spacial score (nSPS) is 16.7. The number of carbonyl (C=O) groups excluding carboxylic acids is 1. The largest absolute Gasteiger partial charge is 0.318 e. The maximum Gasteiger partial charge on any atom is 0.221 e. The van der Waals surface area contributed by atoms with Crippen LogP contribution in [0.1, 0.15) is 36.5 Å². The number of anilines is 1. The van der Waals surface area contributed by atoms with Gasteiger partial charge in [0.2, 0.25) is 5.91 Å². The van der Waals surface area contributed by atoms with Crippen molar-refractivity contribution in [3.05, 3.63) is 41.0 Å². The van der Waals surface area contributed by atoms with Gasteiger partial charge in [0.25, 0.3) is 0 Å². The molecule has 1 atom stereocenters. The van der Waals surface area contributed by atoms with Gasteiger partial charge in [-0.25, -0.2) is 0 Å². The lowest BCUT2D eigenvalue weighted by Gasteiger charge is -2.22. The van der Waals surface area contributed by atoms with Gasteiger partial charge in [0.1, 0.15) is 0 Å². The van der Waals surface area contributed by atoms with Crippen LogP contribution in [0.4, 0.5) is 5.00 Å². The van der Waals surface area contributed by atoms with Gasteiger partial charge in [0.05, 0.1) is 5.00 Å². The van der Waals surface area contributed by atoms with Crippen LogP contribution < -0.4 is 5.32 Å². The second kappa shape index (κ2) is 4.49. The van der Waals surface area contributed by atoms with Crippen LogP contribution >= 0.6 is 11.3 Å². The summed E-state index contributed by atoms with van der Waals surface area (Å²) in [5.74, 6) is 0.546. The number of benzene rings is 1. The molecule has 1 aromatic heterocycles. The van der Waals surface area contributed by atoms with Crippen molar-refractivity contribution in [3.63, 3.8) is 0 Å². The Kier molecular flexibility index (Phi) is 2.94. The molecule has 0 fully saturated rings. The van der Waals surface area contributed by atoms with E-state index >= 15 is 0 Å². The van der Waals surface area contributed by atoms with Crippen molar-refractivity contribution in [2.75, 3.05) is 5.32 Å².